The van der Waals surface area contributed by atoms with Gasteiger partial charge in [0.05, 0.1) is 12.7 Å². The summed E-state index contributed by atoms with van der Waals surface area (Å²) in [6.07, 6.45) is 2.36. The van der Waals surface area contributed by atoms with Crippen LogP contribution in [0.3, 0.4) is 0 Å². The molecular weight excluding hydrogens is 376 g/mol. The molecule has 0 unspecified atom stereocenters. The fourth-order valence-corrected chi connectivity index (χ4v) is 4.29. The molecule has 0 amide bonds. The molecule has 1 aromatic heterocycles. The van der Waals surface area contributed by atoms with Crippen molar-refractivity contribution in [2.24, 2.45) is 4.99 Å². The molecule has 0 fully saturated rings. The summed E-state index contributed by atoms with van der Waals surface area (Å²) >= 11 is 1.51. The lowest BCUT2D eigenvalue weighted by molar-refractivity contribution is 0.00694. The number of aromatic hydroxyl groups is 1. The van der Waals surface area contributed by atoms with Crippen molar-refractivity contribution in [1.82, 2.24) is 4.90 Å². The van der Waals surface area contributed by atoms with E-state index in [1.54, 1.807) is 25.5 Å². The average molecular weight is 403 g/mol. The predicted molar refractivity (Wildman–Crippen MR) is 111 cm³/mol. The molecule has 0 aliphatic carbocycles. The maximum atomic E-state index is 12.9. The molecule has 0 saturated heterocycles. The Morgan fingerprint density at radius 1 is 1.36 bits per heavy atom. The number of fused-ring (bicyclic) bond motifs is 1. The van der Waals surface area contributed by atoms with Crippen LogP contribution in [-0.4, -0.2) is 48.5 Å². The average Bonchev–Trinajstić information content (AvgIpc) is 2.96. The van der Waals surface area contributed by atoms with E-state index in [1.807, 2.05) is 20.8 Å². The first-order valence-electron chi connectivity index (χ1n) is 9.15. The van der Waals surface area contributed by atoms with Crippen LogP contribution in [0.4, 0.5) is 5.00 Å². The van der Waals surface area contributed by atoms with Gasteiger partial charge in [0, 0.05) is 35.8 Å². The lowest BCUT2D eigenvalue weighted by Gasteiger charge is -2.23. The number of phenols is 1. The summed E-state index contributed by atoms with van der Waals surface area (Å²) in [6.45, 7) is 7.25. The number of thiophene rings is 1. The van der Waals surface area contributed by atoms with Crippen LogP contribution in [0.5, 0.6) is 11.5 Å². The molecule has 6 nitrogen and oxygen atoms in total. The smallest absolute Gasteiger partial charge is 0.342 e. The molecule has 3 rings (SSSR count). The minimum Gasteiger partial charge on any atom is -0.507 e. The van der Waals surface area contributed by atoms with E-state index >= 15 is 0 Å². The minimum absolute atomic E-state index is 0.0722. The number of methoxy groups -OCH3 is 1. The van der Waals surface area contributed by atoms with Crippen molar-refractivity contribution in [2.45, 2.75) is 39.3 Å². The van der Waals surface area contributed by atoms with Crippen LogP contribution in [0.15, 0.2) is 23.2 Å². The fourth-order valence-electron chi connectivity index (χ4n) is 3.04. The normalized spacial score (nSPS) is 14.9. The molecule has 0 bridgehead atoms. The number of carbonyl (C=O) groups excluding carboxylic acids is 1. The number of likely N-dealkylation sites (N-methyl/N-ethyl adjacent to an activating group) is 1. The topological polar surface area (TPSA) is 71.4 Å². The predicted octanol–water partition coefficient (Wildman–Crippen LogP) is 4.16. The highest BCUT2D eigenvalue weighted by Gasteiger charge is 2.30. The molecule has 1 aromatic carbocycles. The van der Waals surface area contributed by atoms with E-state index in [4.69, 9.17) is 9.47 Å². The highest BCUT2D eigenvalue weighted by molar-refractivity contribution is 7.16. The summed E-state index contributed by atoms with van der Waals surface area (Å²) in [5.74, 6) is 0.294. The lowest BCUT2D eigenvalue weighted by atomic mass is 10.0. The number of nitrogens with zero attached hydrogens (tertiary/aromatic N) is 2. The summed E-state index contributed by atoms with van der Waals surface area (Å²) in [5, 5.41) is 10.8. The number of benzene rings is 1. The van der Waals surface area contributed by atoms with Crippen LogP contribution in [0.2, 0.25) is 0 Å². The highest BCUT2D eigenvalue weighted by atomic mass is 32.1. The molecule has 2 aromatic rings. The standard InChI is InChI=1S/C21H26N2O4S/c1-21(2,3)27-20(25)18-15-8-9-23(4)12-17(15)28-19(18)22-11-13-6-7-14(26-5)10-16(13)24/h6-7,10-11,24H,8-9,12H2,1-5H3. The number of aliphatic imine (C=N–C) groups is 1. The monoisotopic (exact) mass is 402 g/mol. The molecule has 150 valence electrons. The Morgan fingerprint density at radius 2 is 2.11 bits per heavy atom. The van der Waals surface area contributed by atoms with Gasteiger partial charge in [0.25, 0.3) is 0 Å². The van der Waals surface area contributed by atoms with Crippen LogP contribution in [-0.2, 0) is 17.7 Å². The highest BCUT2D eigenvalue weighted by Crippen LogP contribution is 2.40. The third kappa shape index (κ3) is 4.54. The zero-order valence-corrected chi connectivity index (χ0v) is 17.7. The van der Waals surface area contributed by atoms with Crippen LogP contribution < -0.4 is 4.74 Å². The van der Waals surface area contributed by atoms with Crippen molar-refractivity contribution in [3.63, 3.8) is 0 Å². The van der Waals surface area contributed by atoms with Crippen molar-refractivity contribution in [2.75, 3.05) is 20.7 Å². The van der Waals surface area contributed by atoms with Gasteiger partial charge in [-0.1, -0.05) is 0 Å². The Balaban J connectivity index is 1.99. The Labute approximate surface area is 169 Å². The van der Waals surface area contributed by atoms with E-state index in [1.165, 1.54) is 17.4 Å². The Bertz CT molecular complexity index is 912. The fraction of sp³-hybridized carbons (Fsp3) is 0.429. The van der Waals surface area contributed by atoms with Gasteiger partial charge in [0.1, 0.15) is 22.1 Å². The van der Waals surface area contributed by atoms with Gasteiger partial charge in [-0.3, -0.25) is 0 Å². The van der Waals surface area contributed by atoms with Crippen LogP contribution in [0, 0.1) is 0 Å². The summed E-state index contributed by atoms with van der Waals surface area (Å²) in [6, 6.07) is 5.01. The molecule has 2 heterocycles. The molecule has 1 N–H and O–H groups in total. The minimum atomic E-state index is -0.577. The number of esters is 1. The molecule has 0 radical (unpaired) electrons. The number of ether oxygens (including phenoxy) is 2. The van der Waals surface area contributed by atoms with Crippen LogP contribution in [0.1, 0.15) is 47.1 Å². The molecule has 7 heteroatoms. The van der Waals surface area contributed by atoms with E-state index in [-0.39, 0.29) is 11.7 Å². The maximum Gasteiger partial charge on any atom is 0.342 e. The second-order valence-electron chi connectivity index (χ2n) is 7.86. The van der Waals surface area contributed by atoms with Crippen molar-refractivity contribution in [3.8, 4) is 11.5 Å². The van der Waals surface area contributed by atoms with Crippen molar-refractivity contribution in [1.29, 1.82) is 0 Å². The van der Waals surface area contributed by atoms with E-state index in [2.05, 4.69) is 16.9 Å². The molecule has 0 spiro atoms. The Hall–Kier alpha value is -2.38. The Kier molecular flexibility index (Phi) is 5.76. The molecule has 0 atom stereocenters. The number of phenolic OH excluding ortho intramolecular Hbond substituents is 1. The van der Waals surface area contributed by atoms with Gasteiger partial charge in [-0.05, 0) is 51.9 Å². The largest absolute Gasteiger partial charge is 0.507 e. The van der Waals surface area contributed by atoms with E-state index in [0.717, 1.165) is 30.0 Å². The van der Waals surface area contributed by atoms with Crippen molar-refractivity contribution >= 4 is 28.5 Å². The van der Waals surface area contributed by atoms with E-state index in [9.17, 15) is 9.90 Å². The first kappa shape index (κ1) is 20.4. The molecule has 0 saturated carbocycles. The Morgan fingerprint density at radius 3 is 2.75 bits per heavy atom. The zero-order valence-electron chi connectivity index (χ0n) is 16.9. The van der Waals surface area contributed by atoms with Gasteiger partial charge in [0.2, 0.25) is 0 Å². The lowest BCUT2D eigenvalue weighted by Crippen LogP contribution is -2.28. The second kappa shape index (κ2) is 7.93. The zero-order chi connectivity index (χ0) is 20.5. The number of rotatable bonds is 4. The summed E-state index contributed by atoms with van der Waals surface area (Å²) < 4.78 is 10.7. The number of hydrogen-bond donors (Lipinski definition) is 1. The van der Waals surface area contributed by atoms with Gasteiger partial charge in [-0.2, -0.15) is 0 Å². The van der Waals surface area contributed by atoms with Gasteiger partial charge >= 0.3 is 5.97 Å². The van der Waals surface area contributed by atoms with Gasteiger partial charge in [-0.15, -0.1) is 11.3 Å². The van der Waals surface area contributed by atoms with Gasteiger partial charge in [-0.25, -0.2) is 9.79 Å². The third-order valence-corrected chi connectivity index (χ3v) is 5.52. The number of carbonyl (C=O) groups is 1. The second-order valence-corrected chi connectivity index (χ2v) is 8.94. The summed E-state index contributed by atoms with van der Waals surface area (Å²) in [4.78, 5) is 20.8. The molecule has 28 heavy (non-hydrogen) atoms. The third-order valence-electron chi connectivity index (χ3n) is 4.39. The van der Waals surface area contributed by atoms with E-state index in [0.29, 0.717) is 21.9 Å². The van der Waals surface area contributed by atoms with Crippen LogP contribution >= 0.6 is 11.3 Å². The van der Waals surface area contributed by atoms with Gasteiger partial charge < -0.3 is 19.5 Å². The molecule has 1 aliphatic heterocycles. The SMILES string of the molecule is COc1ccc(C=Nc2sc3c(c2C(=O)OC(C)(C)C)CCN(C)C3)c(O)c1. The first-order chi connectivity index (χ1) is 13.2. The maximum absolute atomic E-state index is 12.9. The van der Waals surface area contributed by atoms with Gasteiger partial charge in [0.15, 0.2) is 0 Å². The number of hydrogen-bond acceptors (Lipinski definition) is 7. The summed E-state index contributed by atoms with van der Waals surface area (Å²) in [7, 11) is 3.61. The summed E-state index contributed by atoms with van der Waals surface area (Å²) in [5.41, 5.74) is 1.56. The first-order valence-corrected chi connectivity index (χ1v) is 9.97. The quantitative estimate of drug-likeness (QED) is 0.614. The molecule has 1 aliphatic rings. The van der Waals surface area contributed by atoms with Crippen molar-refractivity contribution in [3.05, 3.63) is 39.8 Å². The van der Waals surface area contributed by atoms with Crippen molar-refractivity contribution < 1.29 is 19.4 Å². The van der Waals surface area contributed by atoms with E-state index < -0.39 is 5.60 Å². The van der Waals surface area contributed by atoms with Crippen LogP contribution in [0.25, 0.3) is 0 Å². The molecular formula is C21H26N2O4S.